The zero-order valence-electron chi connectivity index (χ0n) is 14.6. The number of ether oxygens (including phenoxy) is 1. The number of hydrogen-bond acceptors (Lipinski definition) is 2. The van der Waals surface area contributed by atoms with E-state index in [1.165, 1.54) is 12.1 Å². The molecule has 0 aromatic heterocycles. The number of benzene rings is 3. The molecule has 3 aromatic carbocycles. The summed E-state index contributed by atoms with van der Waals surface area (Å²) in [6.45, 7) is 0. The lowest BCUT2D eigenvalue weighted by Gasteiger charge is -2.28. The van der Waals surface area contributed by atoms with Crippen LogP contribution in [0.2, 0.25) is 0 Å². The maximum Gasteiger partial charge on any atom is 0.416 e. The Kier molecular flexibility index (Phi) is 4.51. The van der Waals surface area contributed by atoms with E-state index in [2.05, 4.69) is 0 Å². The minimum atomic E-state index is -4.40. The first-order chi connectivity index (χ1) is 13.4. The third-order valence-corrected chi connectivity index (χ3v) is 4.58. The average molecular weight is 380 g/mol. The Morgan fingerprint density at radius 2 is 1.46 bits per heavy atom. The molecule has 28 heavy (non-hydrogen) atoms. The molecule has 1 aliphatic rings. The van der Waals surface area contributed by atoms with Crippen molar-refractivity contribution in [3.63, 3.8) is 0 Å². The number of halogens is 3. The molecule has 0 aliphatic carbocycles. The minimum absolute atomic E-state index is 0.199. The number of alkyl halides is 3. The molecule has 0 bridgehead atoms. The molecule has 0 N–H and O–H groups in total. The van der Waals surface area contributed by atoms with Crippen molar-refractivity contribution in [1.82, 2.24) is 0 Å². The molecule has 0 saturated heterocycles. The fraction of sp³-hybridized carbons (Fsp3) is 0.0870. The fourth-order valence-corrected chi connectivity index (χ4v) is 3.19. The summed E-state index contributed by atoms with van der Waals surface area (Å²) in [6, 6.07) is 20.9. The van der Waals surface area contributed by atoms with Gasteiger partial charge in [-0.1, -0.05) is 54.6 Å². The smallest absolute Gasteiger partial charge is 0.416 e. The second kappa shape index (κ2) is 7.00. The quantitative estimate of drug-likeness (QED) is 0.502. The molecular formula is C23H15F3O2. The van der Waals surface area contributed by atoms with Gasteiger partial charge in [0.1, 0.15) is 5.75 Å². The van der Waals surface area contributed by atoms with Crippen molar-refractivity contribution in [2.75, 3.05) is 0 Å². The molecule has 0 radical (unpaired) electrons. The van der Waals surface area contributed by atoms with E-state index >= 15 is 0 Å². The first-order valence-corrected chi connectivity index (χ1v) is 8.67. The van der Waals surface area contributed by atoms with Gasteiger partial charge in [-0.15, -0.1) is 0 Å². The first kappa shape index (κ1) is 18.0. The average Bonchev–Trinajstić information content (AvgIpc) is 2.70. The molecule has 0 saturated carbocycles. The van der Waals surface area contributed by atoms with Gasteiger partial charge >= 0.3 is 6.18 Å². The van der Waals surface area contributed by atoms with Gasteiger partial charge in [0.05, 0.1) is 11.1 Å². The van der Waals surface area contributed by atoms with Crippen LogP contribution in [0.25, 0.3) is 6.08 Å². The summed E-state index contributed by atoms with van der Waals surface area (Å²) in [5.41, 5.74) is 1.38. The van der Waals surface area contributed by atoms with Crippen LogP contribution in [0.1, 0.15) is 33.2 Å². The van der Waals surface area contributed by atoms with E-state index in [0.717, 1.165) is 17.7 Å². The zero-order valence-corrected chi connectivity index (χ0v) is 14.6. The molecule has 3 aromatic rings. The van der Waals surface area contributed by atoms with Gasteiger partial charge in [0.15, 0.2) is 11.9 Å². The molecule has 4 rings (SSSR count). The van der Waals surface area contributed by atoms with E-state index in [4.69, 9.17) is 4.74 Å². The van der Waals surface area contributed by atoms with Crippen LogP contribution >= 0.6 is 0 Å². The highest BCUT2D eigenvalue weighted by molar-refractivity contribution is 6.14. The van der Waals surface area contributed by atoms with Crippen LogP contribution < -0.4 is 4.74 Å². The Bertz CT molecular complexity index is 1040. The Morgan fingerprint density at radius 1 is 0.821 bits per heavy atom. The van der Waals surface area contributed by atoms with Crippen molar-refractivity contribution in [3.8, 4) is 5.75 Å². The lowest BCUT2D eigenvalue weighted by molar-refractivity contribution is -0.137. The van der Waals surface area contributed by atoms with Crippen molar-refractivity contribution in [1.29, 1.82) is 0 Å². The Morgan fingerprint density at radius 3 is 2.14 bits per heavy atom. The number of Topliss-reactive ketones (excluding diaryl/α,β-unsaturated/α-hetero) is 1. The predicted molar refractivity (Wildman–Crippen MR) is 100 cm³/mol. The van der Waals surface area contributed by atoms with E-state index in [1.807, 2.05) is 30.3 Å². The van der Waals surface area contributed by atoms with Gasteiger partial charge in [0, 0.05) is 5.57 Å². The van der Waals surface area contributed by atoms with E-state index < -0.39 is 17.8 Å². The van der Waals surface area contributed by atoms with Gasteiger partial charge in [-0.3, -0.25) is 4.79 Å². The summed E-state index contributed by atoms with van der Waals surface area (Å²) >= 11 is 0. The van der Waals surface area contributed by atoms with Crippen LogP contribution in [-0.4, -0.2) is 5.78 Å². The number of ketones is 1. The van der Waals surface area contributed by atoms with Crippen LogP contribution in [0.3, 0.4) is 0 Å². The summed E-state index contributed by atoms with van der Waals surface area (Å²) in [5, 5.41) is 0. The first-order valence-electron chi connectivity index (χ1n) is 8.67. The Labute approximate surface area is 159 Å². The van der Waals surface area contributed by atoms with Crippen LogP contribution in [0.5, 0.6) is 5.75 Å². The van der Waals surface area contributed by atoms with E-state index in [0.29, 0.717) is 22.4 Å². The SMILES string of the molecule is O=C1/C(=C/c2ccc(C(F)(F)F)cc2)C(c2ccccc2)Oc2ccccc21. The number of carbonyl (C=O) groups excluding carboxylic acids is 1. The number of rotatable bonds is 2. The molecule has 1 unspecified atom stereocenters. The third-order valence-electron chi connectivity index (χ3n) is 4.58. The molecule has 1 atom stereocenters. The highest BCUT2D eigenvalue weighted by Gasteiger charge is 2.33. The zero-order chi connectivity index (χ0) is 19.7. The highest BCUT2D eigenvalue weighted by atomic mass is 19.4. The predicted octanol–water partition coefficient (Wildman–Crippen LogP) is 6.11. The molecule has 0 fully saturated rings. The highest BCUT2D eigenvalue weighted by Crippen LogP contribution is 2.39. The van der Waals surface area contributed by atoms with Gasteiger partial charge in [-0.2, -0.15) is 13.2 Å². The topological polar surface area (TPSA) is 26.3 Å². The molecule has 1 aliphatic heterocycles. The summed E-state index contributed by atoms with van der Waals surface area (Å²) < 4.78 is 44.5. The van der Waals surface area contributed by atoms with E-state index in [9.17, 15) is 18.0 Å². The molecule has 0 spiro atoms. The van der Waals surface area contributed by atoms with Gasteiger partial charge in [0.2, 0.25) is 0 Å². The lowest BCUT2D eigenvalue weighted by Crippen LogP contribution is -2.23. The van der Waals surface area contributed by atoms with Crippen LogP contribution in [0.4, 0.5) is 13.2 Å². The lowest BCUT2D eigenvalue weighted by atomic mass is 9.89. The van der Waals surface area contributed by atoms with E-state index in [1.54, 1.807) is 30.3 Å². The summed E-state index contributed by atoms with van der Waals surface area (Å²) in [6.07, 6.45) is -3.44. The van der Waals surface area contributed by atoms with Crippen molar-refractivity contribution in [2.45, 2.75) is 12.3 Å². The third kappa shape index (κ3) is 3.43. The molecule has 0 amide bonds. The van der Waals surface area contributed by atoms with Crippen molar-refractivity contribution in [3.05, 3.63) is 107 Å². The number of para-hydroxylation sites is 1. The molecule has 5 heteroatoms. The van der Waals surface area contributed by atoms with Crippen LogP contribution in [0.15, 0.2) is 84.4 Å². The minimum Gasteiger partial charge on any atom is -0.480 e. The summed E-state index contributed by atoms with van der Waals surface area (Å²) in [5.74, 6) is 0.293. The number of fused-ring (bicyclic) bond motifs is 1. The second-order valence-corrected chi connectivity index (χ2v) is 6.45. The maximum atomic E-state index is 13.1. The monoisotopic (exact) mass is 380 g/mol. The summed E-state index contributed by atoms with van der Waals surface area (Å²) in [4.78, 5) is 13.1. The largest absolute Gasteiger partial charge is 0.480 e. The van der Waals surface area contributed by atoms with Gasteiger partial charge in [-0.25, -0.2) is 0 Å². The molecule has 2 nitrogen and oxygen atoms in total. The molecule has 140 valence electrons. The van der Waals surface area contributed by atoms with Crippen LogP contribution in [-0.2, 0) is 6.18 Å². The molecule has 1 heterocycles. The van der Waals surface area contributed by atoms with E-state index in [-0.39, 0.29) is 5.78 Å². The maximum absolute atomic E-state index is 13.1. The van der Waals surface area contributed by atoms with Crippen molar-refractivity contribution < 1.29 is 22.7 Å². The van der Waals surface area contributed by atoms with Crippen LogP contribution in [0, 0.1) is 0 Å². The van der Waals surface area contributed by atoms with Gasteiger partial charge < -0.3 is 4.74 Å². The van der Waals surface area contributed by atoms with Crippen molar-refractivity contribution in [2.24, 2.45) is 0 Å². The number of carbonyl (C=O) groups is 1. The Balaban J connectivity index is 1.79. The second-order valence-electron chi connectivity index (χ2n) is 6.45. The number of hydrogen-bond donors (Lipinski definition) is 0. The van der Waals surface area contributed by atoms with Crippen molar-refractivity contribution >= 4 is 11.9 Å². The standard InChI is InChI=1S/C23H15F3O2/c24-23(25,26)17-12-10-15(11-13-17)14-19-21(27)18-8-4-5-9-20(18)28-22(19)16-6-2-1-3-7-16/h1-14,22H/b19-14-. The Hall–Kier alpha value is -3.34. The van der Waals surface area contributed by atoms with Gasteiger partial charge in [0.25, 0.3) is 0 Å². The molecular weight excluding hydrogens is 365 g/mol. The van der Waals surface area contributed by atoms with Gasteiger partial charge in [-0.05, 0) is 41.5 Å². The fourth-order valence-electron chi connectivity index (χ4n) is 3.19. The normalized spacial score (nSPS) is 17.9. The summed E-state index contributed by atoms with van der Waals surface area (Å²) in [7, 11) is 0.